The summed E-state index contributed by atoms with van der Waals surface area (Å²) in [5, 5.41) is 8.84. The van der Waals surface area contributed by atoms with Gasteiger partial charge < -0.3 is 5.11 Å². The van der Waals surface area contributed by atoms with E-state index in [1.54, 1.807) is 35.9 Å². The van der Waals surface area contributed by atoms with E-state index in [1.807, 2.05) is 18.2 Å². The summed E-state index contributed by atoms with van der Waals surface area (Å²) in [5.74, 6) is 5.77. The second kappa shape index (κ2) is 7.19. The summed E-state index contributed by atoms with van der Waals surface area (Å²) in [4.78, 5) is 6.02. The molecule has 4 heteroatoms. The van der Waals surface area contributed by atoms with Crippen molar-refractivity contribution in [3.63, 3.8) is 0 Å². The standard InChI is InChI=1S/C19H14FNOS/c20-16-6-4-15(5-7-16)19-18(14-8-10-21-11-9-14)13-17(23-19)3-1-2-12-22/h4-11,13,22H,2,12H2. The minimum Gasteiger partial charge on any atom is -0.395 e. The highest BCUT2D eigenvalue weighted by Crippen LogP contribution is 2.39. The molecule has 0 bridgehead atoms. The number of aliphatic hydroxyl groups excluding tert-OH is 1. The Morgan fingerprint density at radius 1 is 1.04 bits per heavy atom. The lowest BCUT2D eigenvalue weighted by Gasteiger charge is -2.03. The van der Waals surface area contributed by atoms with Crippen LogP contribution in [0, 0.1) is 17.7 Å². The number of thiophene rings is 1. The molecule has 0 saturated heterocycles. The van der Waals surface area contributed by atoms with Gasteiger partial charge in [0, 0.05) is 29.3 Å². The molecule has 0 aliphatic carbocycles. The van der Waals surface area contributed by atoms with Gasteiger partial charge in [0.15, 0.2) is 0 Å². The molecule has 0 fully saturated rings. The van der Waals surface area contributed by atoms with Crippen LogP contribution >= 0.6 is 11.3 Å². The second-order valence-electron chi connectivity index (χ2n) is 4.87. The topological polar surface area (TPSA) is 33.1 Å². The number of aliphatic hydroxyl groups is 1. The normalized spacial score (nSPS) is 10.2. The maximum absolute atomic E-state index is 13.2. The van der Waals surface area contributed by atoms with Crippen LogP contribution in [0.5, 0.6) is 0 Å². The number of rotatable bonds is 3. The van der Waals surface area contributed by atoms with E-state index in [0.717, 1.165) is 26.4 Å². The highest BCUT2D eigenvalue weighted by molar-refractivity contribution is 7.16. The van der Waals surface area contributed by atoms with E-state index in [4.69, 9.17) is 5.11 Å². The smallest absolute Gasteiger partial charge is 0.123 e. The van der Waals surface area contributed by atoms with Gasteiger partial charge in [-0.05, 0) is 41.5 Å². The Bertz CT molecular complexity index is 845. The molecule has 0 aliphatic heterocycles. The third-order valence-corrected chi connectivity index (χ3v) is 4.38. The van der Waals surface area contributed by atoms with Crippen LogP contribution < -0.4 is 0 Å². The molecule has 2 heterocycles. The summed E-state index contributed by atoms with van der Waals surface area (Å²) in [6.07, 6.45) is 3.95. The van der Waals surface area contributed by atoms with Gasteiger partial charge in [0.25, 0.3) is 0 Å². The molecule has 3 rings (SSSR count). The summed E-state index contributed by atoms with van der Waals surface area (Å²) in [7, 11) is 0. The predicted octanol–water partition coefficient (Wildman–Crippen LogP) is 4.35. The van der Waals surface area contributed by atoms with Crippen molar-refractivity contribution in [2.75, 3.05) is 6.61 Å². The van der Waals surface area contributed by atoms with Gasteiger partial charge in [-0.25, -0.2) is 4.39 Å². The summed E-state index contributed by atoms with van der Waals surface area (Å²) >= 11 is 1.57. The Morgan fingerprint density at radius 3 is 2.48 bits per heavy atom. The van der Waals surface area contributed by atoms with Crippen molar-refractivity contribution >= 4 is 11.3 Å². The molecule has 1 N–H and O–H groups in total. The van der Waals surface area contributed by atoms with Crippen LogP contribution in [0.15, 0.2) is 54.9 Å². The van der Waals surface area contributed by atoms with Gasteiger partial charge in [-0.3, -0.25) is 4.98 Å². The first-order valence-corrected chi connectivity index (χ1v) is 7.99. The van der Waals surface area contributed by atoms with E-state index < -0.39 is 0 Å². The number of nitrogens with zero attached hydrogens (tertiary/aromatic N) is 1. The lowest BCUT2D eigenvalue weighted by atomic mass is 10.0. The molecule has 2 aromatic heterocycles. The quantitative estimate of drug-likeness (QED) is 0.727. The summed E-state index contributed by atoms with van der Waals surface area (Å²) in [6.45, 7) is 0.0560. The van der Waals surface area contributed by atoms with Crippen LogP contribution in [0.3, 0.4) is 0 Å². The zero-order chi connectivity index (χ0) is 16.1. The number of aromatic nitrogens is 1. The third-order valence-electron chi connectivity index (χ3n) is 3.28. The van der Waals surface area contributed by atoms with Crippen LogP contribution in [0.2, 0.25) is 0 Å². The number of hydrogen-bond donors (Lipinski definition) is 1. The van der Waals surface area contributed by atoms with E-state index in [9.17, 15) is 4.39 Å². The molecule has 0 unspecified atom stereocenters. The molecule has 23 heavy (non-hydrogen) atoms. The van der Waals surface area contributed by atoms with Crippen LogP contribution in [0.4, 0.5) is 4.39 Å². The Balaban J connectivity index is 2.09. The van der Waals surface area contributed by atoms with Gasteiger partial charge in [-0.15, -0.1) is 11.3 Å². The van der Waals surface area contributed by atoms with Crippen molar-refractivity contribution in [1.29, 1.82) is 0 Å². The van der Waals surface area contributed by atoms with Crippen molar-refractivity contribution in [3.05, 3.63) is 65.6 Å². The van der Waals surface area contributed by atoms with E-state index in [-0.39, 0.29) is 12.4 Å². The fraction of sp³-hybridized carbons (Fsp3) is 0.105. The van der Waals surface area contributed by atoms with E-state index in [1.165, 1.54) is 12.1 Å². The second-order valence-corrected chi connectivity index (χ2v) is 5.92. The molecular formula is C19H14FNOS. The minimum absolute atomic E-state index is 0.0560. The van der Waals surface area contributed by atoms with Crippen molar-refractivity contribution in [2.45, 2.75) is 6.42 Å². The van der Waals surface area contributed by atoms with Gasteiger partial charge in [0.2, 0.25) is 0 Å². The molecule has 1 aromatic carbocycles. The monoisotopic (exact) mass is 323 g/mol. The number of pyridine rings is 1. The zero-order valence-electron chi connectivity index (χ0n) is 12.3. The van der Waals surface area contributed by atoms with Crippen LogP contribution in [0.1, 0.15) is 11.3 Å². The summed E-state index contributed by atoms with van der Waals surface area (Å²) in [6, 6.07) is 12.4. The Labute approximate surface area is 138 Å². The molecule has 0 aliphatic rings. The van der Waals surface area contributed by atoms with Gasteiger partial charge in [0.05, 0.1) is 11.5 Å². The van der Waals surface area contributed by atoms with E-state index in [0.29, 0.717) is 6.42 Å². The largest absolute Gasteiger partial charge is 0.395 e. The first kappa shape index (κ1) is 15.4. The number of halogens is 1. The maximum atomic E-state index is 13.2. The highest BCUT2D eigenvalue weighted by atomic mass is 32.1. The van der Waals surface area contributed by atoms with E-state index >= 15 is 0 Å². The Hall–Kier alpha value is -2.48. The number of hydrogen-bond acceptors (Lipinski definition) is 3. The van der Waals surface area contributed by atoms with Gasteiger partial charge in [0.1, 0.15) is 5.82 Å². The van der Waals surface area contributed by atoms with Crippen molar-refractivity contribution in [3.8, 4) is 33.4 Å². The molecule has 2 nitrogen and oxygen atoms in total. The molecule has 3 aromatic rings. The Morgan fingerprint density at radius 2 is 1.78 bits per heavy atom. The lowest BCUT2D eigenvalue weighted by Crippen LogP contribution is -1.80. The minimum atomic E-state index is -0.251. The molecule has 0 amide bonds. The number of benzene rings is 1. The molecule has 0 radical (unpaired) electrons. The lowest BCUT2D eigenvalue weighted by molar-refractivity contribution is 0.305. The highest BCUT2D eigenvalue weighted by Gasteiger charge is 2.12. The molecule has 0 atom stereocenters. The van der Waals surface area contributed by atoms with Crippen molar-refractivity contribution in [1.82, 2.24) is 4.98 Å². The average Bonchev–Trinajstić information content (AvgIpc) is 3.01. The van der Waals surface area contributed by atoms with Crippen LogP contribution in [-0.4, -0.2) is 16.7 Å². The molecule has 114 valence electrons. The maximum Gasteiger partial charge on any atom is 0.123 e. The first-order valence-electron chi connectivity index (χ1n) is 7.18. The SMILES string of the molecule is OCCC#Cc1cc(-c2ccncc2)c(-c2ccc(F)cc2)s1. The van der Waals surface area contributed by atoms with Crippen LogP contribution in [-0.2, 0) is 0 Å². The molecule has 0 saturated carbocycles. The van der Waals surface area contributed by atoms with Gasteiger partial charge >= 0.3 is 0 Å². The van der Waals surface area contributed by atoms with Crippen molar-refractivity contribution in [2.24, 2.45) is 0 Å². The fourth-order valence-corrected chi connectivity index (χ4v) is 3.28. The third kappa shape index (κ3) is 3.65. The predicted molar refractivity (Wildman–Crippen MR) is 91.5 cm³/mol. The van der Waals surface area contributed by atoms with E-state index in [2.05, 4.69) is 16.8 Å². The molecule has 0 spiro atoms. The van der Waals surface area contributed by atoms with Gasteiger partial charge in [-0.1, -0.05) is 24.0 Å². The Kier molecular flexibility index (Phi) is 4.82. The van der Waals surface area contributed by atoms with Gasteiger partial charge in [-0.2, -0.15) is 0 Å². The summed E-state index contributed by atoms with van der Waals surface area (Å²) < 4.78 is 13.2. The van der Waals surface area contributed by atoms with Crippen LogP contribution in [0.25, 0.3) is 21.6 Å². The van der Waals surface area contributed by atoms with Crippen molar-refractivity contribution < 1.29 is 9.50 Å². The summed E-state index contributed by atoms with van der Waals surface area (Å²) in [5.41, 5.74) is 3.06. The zero-order valence-corrected chi connectivity index (χ0v) is 13.1. The fourth-order valence-electron chi connectivity index (χ4n) is 2.22. The molecular weight excluding hydrogens is 309 g/mol. The average molecular weight is 323 g/mol. The first-order chi connectivity index (χ1) is 11.3.